The van der Waals surface area contributed by atoms with E-state index < -0.39 is 0 Å². The number of rotatable bonds is 4. The van der Waals surface area contributed by atoms with Gasteiger partial charge in [0.15, 0.2) is 5.75 Å². The van der Waals surface area contributed by atoms with Crippen molar-refractivity contribution in [1.29, 1.82) is 0 Å². The van der Waals surface area contributed by atoms with Crippen LogP contribution < -0.4 is 10.5 Å². The zero-order valence-electron chi connectivity index (χ0n) is 11.5. The first-order chi connectivity index (χ1) is 9.92. The highest BCUT2D eigenvalue weighted by molar-refractivity contribution is 9.10. The summed E-state index contributed by atoms with van der Waals surface area (Å²) in [6, 6.07) is 3.30. The molecule has 0 aliphatic heterocycles. The zero-order chi connectivity index (χ0) is 15.6. The number of benzene rings is 1. The number of aromatic nitrogens is 2. The van der Waals surface area contributed by atoms with Crippen molar-refractivity contribution < 1.29 is 4.74 Å². The van der Waals surface area contributed by atoms with Crippen molar-refractivity contribution >= 4 is 39.1 Å². The Labute approximate surface area is 141 Å². The summed E-state index contributed by atoms with van der Waals surface area (Å²) in [7, 11) is 0. The molecule has 2 aromatic rings. The van der Waals surface area contributed by atoms with Gasteiger partial charge in [0.1, 0.15) is 17.3 Å². The lowest BCUT2D eigenvalue weighted by Gasteiger charge is -2.13. The fourth-order valence-corrected chi connectivity index (χ4v) is 2.46. The maximum atomic E-state index is 6.14. The predicted molar refractivity (Wildman–Crippen MR) is 88.2 cm³/mol. The van der Waals surface area contributed by atoms with E-state index in [4.69, 9.17) is 33.7 Å². The summed E-state index contributed by atoms with van der Waals surface area (Å²) >= 11 is 15.5. The van der Waals surface area contributed by atoms with E-state index in [1.54, 1.807) is 18.3 Å². The highest BCUT2D eigenvalue weighted by Crippen LogP contribution is 2.37. The molecular formula is C14H14BrCl2N3O. The first-order valence-corrected chi connectivity index (χ1v) is 7.85. The van der Waals surface area contributed by atoms with E-state index in [0.29, 0.717) is 31.7 Å². The minimum atomic E-state index is 0.218. The standard InChI is InChI=1S/C14H14BrCl2N3O/c1-7(2)14-19-6-13(11(5-18)20-14)21-12-4-9(16)8(15)3-10(12)17/h3-4,6-7H,5,18H2,1-2H3. The third-order valence-corrected chi connectivity index (χ3v) is 4.24. The molecule has 0 fully saturated rings. The van der Waals surface area contributed by atoms with Crippen LogP contribution in [-0.4, -0.2) is 9.97 Å². The van der Waals surface area contributed by atoms with E-state index in [0.717, 1.165) is 5.82 Å². The number of nitrogens with two attached hydrogens (primary N) is 1. The Balaban J connectivity index is 2.37. The summed E-state index contributed by atoms with van der Waals surface area (Å²) in [5, 5.41) is 0.936. The molecule has 4 nitrogen and oxygen atoms in total. The summed E-state index contributed by atoms with van der Waals surface area (Å²) in [4.78, 5) is 8.69. The fraction of sp³-hybridized carbons (Fsp3) is 0.286. The van der Waals surface area contributed by atoms with Crippen molar-refractivity contribution in [3.63, 3.8) is 0 Å². The molecule has 1 aromatic carbocycles. The topological polar surface area (TPSA) is 61.0 Å². The van der Waals surface area contributed by atoms with Gasteiger partial charge in [0.2, 0.25) is 0 Å². The molecule has 112 valence electrons. The first-order valence-electron chi connectivity index (χ1n) is 6.30. The Morgan fingerprint density at radius 2 is 1.95 bits per heavy atom. The first kappa shape index (κ1) is 16.5. The number of hydrogen-bond acceptors (Lipinski definition) is 4. The predicted octanol–water partition coefficient (Wildman–Crippen LogP) is 4.92. The van der Waals surface area contributed by atoms with E-state index >= 15 is 0 Å². The molecule has 0 amide bonds. The second kappa shape index (κ2) is 6.92. The Hall–Kier alpha value is -0.880. The summed E-state index contributed by atoms with van der Waals surface area (Å²) in [5.41, 5.74) is 6.36. The van der Waals surface area contributed by atoms with E-state index in [9.17, 15) is 0 Å². The van der Waals surface area contributed by atoms with Crippen LogP contribution in [0.2, 0.25) is 10.0 Å². The van der Waals surface area contributed by atoms with E-state index in [1.165, 1.54) is 0 Å². The van der Waals surface area contributed by atoms with Crippen LogP contribution in [0.3, 0.4) is 0 Å². The van der Waals surface area contributed by atoms with Crippen molar-refractivity contribution in [3.8, 4) is 11.5 Å². The fourth-order valence-electron chi connectivity index (χ4n) is 1.63. The molecule has 0 radical (unpaired) electrons. The average Bonchev–Trinajstić information content (AvgIpc) is 2.44. The van der Waals surface area contributed by atoms with E-state index in [1.807, 2.05) is 13.8 Å². The highest BCUT2D eigenvalue weighted by atomic mass is 79.9. The monoisotopic (exact) mass is 389 g/mol. The summed E-state index contributed by atoms with van der Waals surface area (Å²) < 4.78 is 6.46. The lowest BCUT2D eigenvalue weighted by molar-refractivity contribution is 0.467. The van der Waals surface area contributed by atoms with Crippen molar-refractivity contribution in [2.75, 3.05) is 0 Å². The van der Waals surface area contributed by atoms with Crippen LogP contribution in [0, 0.1) is 0 Å². The van der Waals surface area contributed by atoms with Gasteiger partial charge in [0, 0.05) is 23.0 Å². The molecule has 0 aliphatic rings. The SMILES string of the molecule is CC(C)c1ncc(Oc2cc(Cl)c(Br)cc2Cl)c(CN)n1. The second-order valence-electron chi connectivity index (χ2n) is 4.70. The van der Waals surface area contributed by atoms with Crippen LogP contribution in [0.4, 0.5) is 0 Å². The molecule has 0 unspecified atom stereocenters. The van der Waals surface area contributed by atoms with Gasteiger partial charge >= 0.3 is 0 Å². The van der Waals surface area contributed by atoms with Gasteiger partial charge in [0.05, 0.1) is 16.2 Å². The number of hydrogen-bond donors (Lipinski definition) is 1. The molecule has 0 bridgehead atoms. The van der Waals surface area contributed by atoms with Gasteiger partial charge in [-0.3, -0.25) is 0 Å². The van der Waals surface area contributed by atoms with Gasteiger partial charge in [-0.25, -0.2) is 9.97 Å². The van der Waals surface area contributed by atoms with Crippen LogP contribution in [0.25, 0.3) is 0 Å². The van der Waals surface area contributed by atoms with Crippen LogP contribution in [0.15, 0.2) is 22.8 Å². The lowest BCUT2D eigenvalue weighted by Crippen LogP contribution is -2.07. The molecule has 0 saturated carbocycles. The van der Waals surface area contributed by atoms with Gasteiger partial charge in [-0.15, -0.1) is 0 Å². The Morgan fingerprint density at radius 1 is 1.24 bits per heavy atom. The molecule has 0 atom stereocenters. The molecule has 0 aliphatic carbocycles. The molecule has 1 heterocycles. The maximum Gasteiger partial charge on any atom is 0.168 e. The Morgan fingerprint density at radius 3 is 2.57 bits per heavy atom. The van der Waals surface area contributed by atoms with Gasteiger partial charge in [-0.05, 0) is 22.0 Å². The van der Waals surface area contributed by atoms with Crippen molar-refractivity contribution in [1.82, 2.24) is 9.97 Å². The number of ether oxygens (including phenoxy) is 1. The highest BCUT2D eigenvalue weighted by Gasteiger charge is 2.13. The van der Waals surface area contributed by atoms with Crippen LogP contribution in [-0.2, 0) is 6.54 Å². The normalized spacial score (nSPS) is 11.0. The average molecular weight is 391 g/mol. The van der Waals surface area contributed by atoms with Crippen molar-refractivity contribution in [3.05, 3.63) is 44.4 Å². The second-order valence-corrected chi connectivity index (χ2v) is 6.37. The van der Waals surface area contributed by atoms with Gasteiger partial charge < -0.3 is 10.5 Å². The molecular weight excluding hydrogens is 377 g/mol. The van der Waals surface area contributed by atoms with E-state index in [-0.39, 0.29) is 12.5 Å². The van der Waals surface area contributed by atoms with Gasteiger partial charge in [-0.1, -0.05) is 37.0 Å². The van der Waals surface area contributed by atoms with Gasteiger partial charge in [0.25, 0.3) is 0 Å². The largest absolute Gasteiger partial charge is 0.452 e. The smallest absolute Gasteiger partial charge is 0.168 e. The van der Waals surface area contributed by atoms with Crippen LogP contribution in [0.5, 0.6) is 11.5 Å². The summed E-state index contributed by atoms with van der Waals surface area (Å²) in [6.45, 7) is 4.28. The van der Waals surface area contributed by atoms with Crippen molar-refractivity contribution in [2.24, 2.45) is 5.73 Å². The van der Waals surface area contributed by atoms with Crippen LogP contribution >= 0.6 is 39.1 Å². The molecule has 7 heteroatoms. The Bertz CT molecular complexity index is 665. The lowest BCUT2D eigenvalue weighted by atomic mass is 10.2. The summed E-state index contributed by atoms with van der Waals surface area (Å²) in [6.07, 6.45) is 1.61. The quantitative estimate of drug-likeness (QED) is 0.752. The zero-order valence-corrected chi connectivity index (χ0v) is 14.6. The molecule has 2 rings (SSSR count). The van der Waals surface area contributed by atoms with Crippen LogP contribution in [0.1, 0.15) is 31.3 Å². The molecule has 1 aromatic heterocycles. The van der Waals surface area contributed by atoms with Gasteiger partial charge in [-0.2, -0.15) is 0 Å². The maximum absolute atomic E-state index is 6.14. The van der Waals surface area contributed by atoms with Crippen molar-refractivity contribution in [2.45, 2.75) is 26.3 Å². The minimum absolute atomic E-state index is 0.218. The third-order valence-electron chi connectivity index (χ3n) is 2.75. The number of nitrogens with zero attached hydrogens (tertiary/aromatic N) is 2. The third kappa shape index (κ3) is 3.86. The van der Waals surface area contributed by atoms with E-state index in [2.05, 4.69) is 25.9 Å². The molecule has 2 N–H and O–H groups in total. The molecule has 21 heavy (non-hydrogen) atoms. The Kier molecular flexibility index (Phi) is 5.43. The summed E-state index contributed by atoms with van der Waals surface area (Å²) in [5.74, 6) is 1.85. The minimum Gasteiger partial charge on any atom is -0.452 e. The number of halogens is 3. The molecule has 0 saturated heterocycles. The molecule has 0 spiro atoms.